The molecule has 1 aromatic carbocycles. The fourth-order valence-corrected chi connectivity index (χ4v) is 0.982. The van der Waals surface area contributed by atoms with Gasteiger partial charge in [-0.3, -0.25) is 10.1 Å². The molecule has 6 nitrogen and oxygen atoms in total. The maximum atomic E-state index is 11.0. The fourth-order valence-electron chi connectivity index (χ4n) is 0.891. The summed E-state index contributed by atoms with van der Waals surface area (Å²) in [6.45, 7) is 0.148. The Hall–Kier alpha value is -1.76. The van der Waals surface area contributed by atoms with E-state index in [0.717, 1.165) is 0 Å². The molecule has 0 radical (unpaired) electrons. The Morgan fingerprint density at radius 3 is 2.50 bits per heavy atom. The van der Waals surface area contributed by atoms with E-state index in [4.69, 9.17) is 4.74 Å². The van der Waals surface area contributed by atoms with Crippen molar-refractivity contribution in [1.82, 2.24) is 0 Å². The first-order chi connectivity index (χ1) is 7.63. The molecule has 0 atom stereocenters. The molecule has 7 heteroatoms. The van der Waals surface area contributed by atoms with Gasteiger partial charge in [0, 0.05) is 17.9 Å². The standard InChI is InChI=1S/C9H9NO5S/c11-9(14-5-6-16)15-8-3-1-7(2-4-8)10(12)13/h1-4,16H,5-6H2. The van der Waals surface area contributed by atoms with Gasteiger partial charge in [0.25, 0.3) is 5.69 Å². The molecule has 0 aromatic heterocycles. The van der Waals surface area contributed by atoms with Gasteiger partial charge in [-0.1, -0.05) is 0 Å². The van der Waals surface area contributed by atoms with E-state index >= 15 is 0 Å². The summed E-state index contributed by atoms with van der Waals surface area (Å²) in [6, 6.07) is 5.11. The maximum Gasteiger partial charge on any atom is 0.513 e. The van der Waals surface area contributed by atoms with Crippen LogP contribution in [0.5, 0.6) is 5.75 Å². The molecule has 0 N–H and O–H groups in total. The highest BCUT2D eigenvalue weighted by Crippen LogP contribution is 2.17. The normalized spacial score (nSPS) is 9.56. The van der Waals surface area contributed by atoms with Crippen LogP contribution in [0.15, 0.2) is 24.3 Å². The Bertz CT molecular complexity index is 378. The molecule has 0 aliphatic heterocycles. The summed E-state index contributed by atoms with van der Waals surface area (Å²) < 4.78 is 9.33. The minimum absolute atomic E-state index is 0.0731. The van der Waals surface area contributed by atoms with Crippen LogP contribution in [-0.2, 0) is 4.74 Å². The number of non-ortho nitro benzene ring substituents is 1. The van der Waals surface area contributed by atoms with Gasteiger partial charge < -0.3 is 9.47 Å². The van der Waals surface area contributed by atoms with E-state index in [2.05, 4.69) is 17.4 Å². The van der Waals surface area contributed by atoms with Crippen LogP contribution in [0.25, 0.3) is 0 Å². The van der Waals surface area contributed by atoms with Gasteiger partial charge in [0.15, 0.2) is 0 Å². The van der Waals surface area contributed by atoms with Crippen LogP contribution >= 0.6 is 12.6 Å². The van der Waals surface area contributed by atoms with E-state index in [1.807, 2.05) is 0 Å². The molecule has 0 aliphatic rings. The zero-order chi connectivity index (χ0) is 12.0. The molecule has 0 fully saturated rings. The number of ether oxygens (including phenoxy) is 2. The van der Waals surface area contributed by atoms with Crippen molar-refractivity contribution in [1.29, 1.82) is 0 Å². The lowest BCUT2D eigenvalue weighted by atomic mass is 10.3. The van der Waals surface area contributed by atoms with Crippen molar-refractivity contribution in [2.24, 2.45) is 0 Å². The third-order valence-electron chi connectivity index (χ3n) is 1.56. The Kier molecular flexibility index (Phi) is 4.59. The number of hydrogen-bond donors (Lipinski definition) is 1. The largest absolute Gasteiger partial charge is 0.513 e. The molecule has 0 amide bonds. The summed E-state index contributed by atoms with van der Waals surface area (Å²) in [5, 5.41) is 10.3. The lowest BCUT2D eigenvalue weighted by molar-refractivity contribution is -0.384. The minimum Gasteiger partial charge on any atom is -0.433 e. The Morgan fingerprint density at radius 1 is 1.38 bits per heavy atom. The molecule has 0 heterocycles. The molecule has 86 valence electrons. The van der Waals surface area contributed by atoms with E-state index in [0.29, 0.717) is 5.75 Å². The number of carbonyl (C=O) groups is 1. The molecule has 0 aliphatic carbocycles. The zero-order valence-corrected chi connectivity index (χ0v) is 9.05. The van der Waals surface area contributed by atoms with Crippen LogP contribution in [0.1, 0.15) is 0 Å². The molecule has 0 saturated carbocycles. The Morgan fingerprint density at radius 2 is 2.00 bits per heavy atom. The van der Waals surface area contributed by atoms with Crippen molar-refractivity contribution in [3.63, 3.8) is 0 Å². The van der Waals surface area contributed by atoms with Gasteiger partial charge in [0.2, 0.25) is 0 Å². The second-order valence-electron chi connectivity index (χ2n) is 2.68. The highest BCUT2D eigenvalue weighted by molar-refractivity contribution is 7.80. The van der Waals surface area contributed by atoms with Crippen LogP contribution < -0.4 is 4.74 Å². The molecular weight excluding hydrogens is 234 g/mol. The molecule has 1 rings (SSSR count). The molecule has 1 aromatic rings. The zero-order valence-electron chi connectivity index (χ0n) is 8.16. The molecule has 0 saturated heterocycles. The monoisotopic (exact) mass is 243 g/mol. The number of rotatable bonds is 4. The Balaban J connectivity index is 2.55. The van der Waals surface area contributed by atoms with Crippen molar-refractivity contribution >= 4 is 24.5 Å². The number of nitro benzene ring substituents is 1. The summed E-state index contributed by atoms with van der Waals surface area (Å²) in [5.41, 5.74) is -0.0731. The molecule has 0 unspecified atom stereocenters. The molecule has 16 heavy (non-hydrogen) atoms. The average molecular weight is 243 g/mol. The van der Waals surface area contributed by atoms with Crippen molar-refractivity contribution in [3.8, 4) is 5.75 Å². The SMILES string of the molecule is O=C(OCCS)Oc1ccc([N+](=O)[O-])cc1. The predicted octanol–water partition coefficient (Wildman–Crippen LogP) is 2.04. The quantitative estimate of drug-likeness (QED) is 0.288. The lowest BCUT2D eigenvalue weighted by Gasteiger charge is -2.03. The average Bonchev–Trinajstić information content (AvgIpc) is 2.27. The molecular formula is C9H9NO5S. The molecule has 0 bridgehead atoms. The van der Waals surface area contributed by atoms with Crippen molar-refractivity contribution in [2.75, 3.05) is 12.4 Å². The van der Waals surface area contributed by atoms with Crippen molar-refractivity contribution in [2.45, 2.75) is 0 Å². The topological polar surface area (TPSA) is 78.7 Å². The number of nitrogens with zero attached hydrogens (tertiary/aromatic N) is 1. The van der Waals surface area contributed by atoms with Crippen LogP contribution in [0, 0.1) is 10.1 Å². The van der Waals surface area contributed by atoms with Gasteiger partial charge in [-0.05, 0) is 12.1 Å². The summed E-state index contributed by atoms with van der Waals surface area (Å²) in [7, 11) is 0. The van der Waals surface area contributed by atoms with E-state index in [1.165, 1.54) is 24.3 Å². The highest BCUT2D eigenvalue weighted by atomic mass is 32.1. The second kappa shape index (κ2) is 5.96. The van der Waals surface area contributed by atoms with Gasteiger partial charge in [-0.25, -0.2) is 4.79 Å². The van der Waals surface area contributed by atoms with E-state index in [-0.39, 0.29) is 18.0 Å². The number of hydrogen-bond acceptors (Lipinski definition) is 6. The number of nitro groups is 1. The highest BCUT2D eigenvalue weighted by Gasteiger charge is 2.08. The first-order valence-electron chi connectivity index (χ1n) is 4.33. The Labute approximate surface area is 96.7 Å². The van der Waals surface area contributed by atoms with E-state index < -0.39 is 11.1 Å². The van der Waals surface area contributed by atoms with Gasteiger partial charge in [-0.15, -0.1) is 0 Å². The molecule has 0 spiro atoms. The first-order valence-corrected chi connectivity index (χ1v) is 4.96. The predicted molar refractivity (Wildman–Crippen MR) is 58.9 cm³/mol. The summed E-state index contributed by atoms with van der Waals surface area (Å²) >= 11 is 3.85. The van der Waals surface area contributed by atoms with Crippen LogP contribution in [0.4, 0.5) is 10.5 Å². The third-order valence-corrected chi connectivity index (χ3v) is 1.74. The summed E-state index contributed by atoms with van der Waals surface area (Å²) in [4.78, 5) is 20.8. The fraction of sp³-hybridized carbons (Fsp3) is 0.222. The first kappa shape index (κ1) is 12.3. The van der Waals surface area contributed by atoms with Gasteiger partial charge in [0.1, 0.15) is 12.4 Å². The minimum atomic E-state index is -0.858. The van der Waals surface area contributed by atoms with Crippen molar-refractivity contribution in [3.05, 3.63) is 34.4 Å². The van der Waals surface area contributed by atoms with Gasteiger partial charge in [-0.2, -0.15) is 12.6 Å². The van der Waals surface area contributed by atoms with Crippen molar-refractivity contribution < 1.29 is 19.2 Å². The van der Waals surface area contributed by atoms with Gasteiger partial charge in [0.05, 0.1) is 4.92 Å². The van der Waals surface area contributed by atoms with E-state index in [1.54, 1.807) is 0 Å². The number of carbonyl (C=O) groups excluding carboxylic acids is 1. The van der Waals surface area contributed by atoms with Crippen LogP contribution in [0.2, 0.25) is 0 Å². The lowest BCUT2D eigenvalue weighted by Crippen LogP contribution is -2.11. The summed E-state index contributed by atoms with van der Waals surface area (Å²) in [6.07, 6.45) is -0.858. The van der Waals surface area contributed by atoms with Crippen LogP contribution in [-0.4, -0.2) is 23.4 Å². The number of thiol groups is 1. The third kappa shape index (κ3) is 3.77. The van der Waals surface area contributed by atoms with E-state index in [9.17, 15) is 14.9 Å². The maximum absolute atomic E-state index is 11.0. The smallest absolute Gasteiger partial charge is 0.433 e. The van der Waals surface area contributed by atoms with Gasteiger partial charge >= 0.3 is 6.16 Å². The summed E-state index contributed by atoms with van der Waals surface area (Å²) in [5.74, 6) is 0.588. The second-order valence-corrected chi connectivity index (χ2v) is 3.12. The number of benzene rings is 1. The van der Waals surface area contributed by atoms with Crippen LogP contribution in [0.3, 0.4) is 0 Å².